The van der Waals surface area contributed by atoms with Crippen molar-refractivity contribution in [2.45, 2.75) is 42.5 Å². The van der Waals surface area contributed by atoms with Crippen LogP contribution in [0.3, 0.4) is 0 Å². The Balaban J connectivity index is 2.00. The van der Waals surface area contributed by atoms with Gasteiger partial charge < -0.3 is 10.1 Å². The normalized spacial score (nSPS) is 26.6. The number of primary sulfonamides is 1. The van der Waals surface area contributed by atoms with E-state index in [1.54, 1.807) is 6.07 Å². The van der Waals surface area contributed by atoms with Gasteiger partial charge in [-0.15, -0.1) is 11.3 Å². The molecule has 2 atom stereocenters. The van der Waals surface area contributed by atoms with Crippen LogP contribution in [0.25, 0.3) is 0 Å². The van der Waals surface area contributed by atoms with Crippen molar-refractivity contribution < 1.29 is 17.9 Å². The summed E-state index contributed by atoms with van der Waals surface area (Å²) in [7, 11) is -3.69. The zero-order valence-electron chi connectivity index (χ0n) is 11.4. The molecule has 0 spiro atoms. The molecule has 8 heteroatoms. The van der Waals surface area contributed by atoms with Crippen LogP contribution in [0.2, 0.25) is 0 Å². The lowest BCUT2D eigenvalue weighted by Gasteiger charge is -2.28. The Morgan fingerprint density at radius 1 is 1.60 bits per heavy atom. The van der Waals surface area contributed by atoms with Gasteiger partial charge in [0.05, 0.1) is 18.1 Å². The van der Waals surface area contributed by atoms with E-state index < -0.39 is 10.0 Å². The Morgan fingerprint density at radius 3 is 2.80 bits per heavy atom. The summed E-state index contributed by atoms with van der Waals surface area (Å²) < 4.78 is 27.9. The number of rotatable bonds is 4. The van der Waals surface area contributed by atoms with Gasteiger partial charge in [0.25, 0.3) is 0 Å². The van der Waals surface area contributed by atoms with E-state index >= 15 is 0 Å². The maximum absolute atomic E-state index is 12.0. The molecule has 0 aliphatic carbocycles. The van der Waals surface area contributed by atoms with Crippen LogP contribution in [0, 0.1) is 0 Å². The highest BCUT2D eigenvalue weighted by Crippen LogP contribution is 2.26. The van der Waals surface area contributed by atoms with Crippen molar-refractivity contribution in [3.63, 3.8) is 0 Å². The minimum atomic E-state index is -3.69. The van der Waals surface area contributed by atoms with Crippen molar-refractivity contribution in [2.75, 3.05) is 6.61 Å². The number of hydrogen-bond acceptors (Lipinski definition) is 5. The molecule has 0 saturated carbocycles. The van der Waals surface area contributed by atoms with Crippen molar-refractivity contribution in [2.24, 2.45) is 5.14 Å². The largest absolute Gasteiger partial charge is 0.376 e. The quantitative estimate of drug-likeness (QED) is 0.850. The van der Waals surface area contributed by atoms with E-state index in [4.69, 9.17) is 9.88 Å². The third-order valence-corrected chi connectivity index (χ3v) is 6.09. The molecular formula is C12H18N2O4S2. The molecule has 112 valence electrons. The molecule has 1 aliphatic rings. The third-order valence-electron chi connectivity index (χ3n) is 3.56. The Bertz CT molecular complexity index is 611. The van der Waals surface area contributed by atoms with E-state index in [2.05, 4.69) is 5.32 Å². The van der Waals surface area contributed by atoms with Crippen molar-refractivity contribution in [3.05, 3.63) is 17.0 Å². The molecule has 1 fully saturated rings. The van der Waals surface area contributed by atoms with Crippen LogP contribution in [0.5, 0.6) is 0 Å². The van der Waals surface area contributed by atoms with Gasteiger partial charge in [0.2, 0.25) is 15.9 Å². The fourth-order valence-corrected chi connectivity index (χ4v) is 3.90. The summed E-state index contributed by atoms with van der Waals surface area (Å²) in [6, 6.07) is 3.03. The van der Waals surface area contributed by atoms with Gasteiger partial charge in [-0.05, 0) is 32.4 Å². The van der Waals surface area contributed by atoms with Crippen LogP contribution in [-0.2, 0) is 26.0 Å². The second-order valence-corrected chi connectivity index (χ2v) is 8.13. The Kier molecular flexibility index (Phi) is 4.19. The Hall–Kier alpha value is -0.960. The zero-order chi connectivity index (χ0) is 15.0. The molecule has 2 rings (SSSR count). The van der Waals surface area contributed by atoms with Crippen molar-refractivity contribution in [1.82, 2.24) is 5.32 Å². The van der Waals surface area contributed by atoms with Gasteiger partial charge in [-0.3, -0.25) is 4.79 Å². The summed E-state index contributed by atoms with van der Waals surface area (Å²) in [5.74, 6) is -0.146. The van der Waals surface area contributed by atoms with E-state index in [0.717, 1.165) is 17.8 Å². The summed E-state index contributed by atoms with van der Waals surface area (Å²) in [4.78, 5) is 12.7. The highest BCUT2D eigenvalue weighted by molar-refractivity contribution is 7.91. The number of amides is 1. The molecular weight excluding hydrogens is 300 g/mol. The molecule has 6 nitrogen and oxygen atoms in total. The summed E-state index contributed by atoms with van der Waals surface area (Å²) in [6.07, 6.45) is 0.879. The molecule has 1 aliphatic heterocycles. The number of carbonyl (C=O) groups excluding carboxylic acids is 1. The zero-order valence-corrected chi connectivity index (χ0v) is 13.0. The van der Waals surface area contributed by atoms with E-state index in [0.29, 0.717) is 11.5 Å². The van der Waals surface area contributed by atoms with Crippen LogP contribution >= 0.6 is 11.3 Å². The molecule has 1 amide bonds. The van der Waals surface area contributed by atoms with Crippen molar-refractivity contribution >= 4 is 27.3 Å². The van der Waals surface area contributed by atoms with Crippen molar-refractivity contribution in [3.8, 4) is 0 Å². The monoisotopic (exact) mass is 318 g/mol. The fraction of sp³-hybridized carbons (Fsp3) is 0.583. The molecule has 0 aromatic carbocycles. The summed E-state index contributed by atoms with van der Waals surface area (Å²) >= 11 is 1.02. The lowest BCUT2D eigenvalue weighted by atomic mass is 9.94. The molecule has 2 heterocycles. The molecule has 0 radical (unpaired) electrons. The topological polar surface area (TPSA) is 98.5 Å². The maximum atomic E-state index is 12.0. The summed E-state index contributed by atoms with van der Waals surface area (Å²) in [6.45, 7) is 4.51. The van der Waals surface area contributed by atoms with E-state index in [1.807, 2.05) is 13.8 Å². The van der Waals surface area contributed by atoms with Gasteiger partial charge in [0, 0.05) is 11.5 Å². The van der Waals surface area contributed by atoms with Gasteiger partial charge in [-0.2, -0.15) is 0 Å². The van der Waals surface area contributed by atoms with Crippen LogP contribution in [-0.4, -0.2) is 32.6 Å². The predicted molar refractivity (Wildman–Crippen MR) is 76.0 cm³/mol. The van der Waals surface area contributed by atoms with Gasteiger partial charge >= 0.3 is 0 Å². The predicted octanol–water partition coefficient (Wildman–Crippen LogP) is 0.622. The Labute approximate surface area is 122 Å². The highest BCUT2D eigenvalue weighted by Gasteiger charge is 2.38. The van der Waals surface area contributed by atoms with Crippen LogP contribution in [0.4, 0.5) is 0 Å². The highest BCUT2D eigenvalue weighted by atomic mass is 32.2. The minimum Gasteiger partial charge on any atom is -0.376 e. The van der Waals surface area contributed by atoms with Crippen LogP contribution < -0.4 is 10.5 Å². The molecule has 3 N–H and O–H groups in total. The smallest absolute Gasteiger partial charge is 0.247 e. The SMILES string of the molecule is CC1OCCC1(C)NC(=O)Cc1ccc(S(N)(=O)=O)s1. The number of carbonyl (C=O) groups is 1. The lowest BCUT2D eigenvalue weighted by molar-refractivity contribution is -0.122. The van der Waals surface area contributed by atoms with Gasteiger partial charge in [-0.1, -0.05) is 0 Å². The number of nitrogens with two attached hydrogens (primary N) is 1. The molecule has 0 bridgehead atoms. The molecule has 1 aromatic heterocycles. The van der Waals surface area contributed by atoms with Gasteiger partial charge in [0.1, 0.15) is 4.21 Å². The Morgan fingerprint density at radius 2 is 2.30 bits per heavy atom. The molecule has 1 aromatic rings. The van der Waals surface area contributed by atoms with Crippen molar-refractivity contribution in [1.29, 1.82) is 0 Å². The first kappa shape index (κ1) is 15.4. The van der Waals surface area contributed by atoms with Gasteiger partial charge in [0.15, 0.2) is 0 Å². The van der Waals surface area contributed by atoms with E-state index in [9.17, 15) is 13.2 Å². The summed E-state index contributed by atoms with van der Waals surface area (Å²) in [5, 5.41) is 8.00. The first-order chi connectivity index (χ1) is 9.21. The maximum Gasteiger partial charge on any atom is 0.247 e. The number of nitrogens with one attached hydrogen (secondary N) is 1. The summed E-state index contributed by atoms with van der Waals surface area (Å²) in [5.41, 5.74) is -0.364. The fourth-order valence-electron chi connectivity index (χ4n) is 2.13. The van der Waals surface area contributed by atoms with Crippen LogP contribution in [0.15, 0.2) is 16.3 Å². The number of hydrogen-bond donors (Lipinski definition) is 2. The number of thiophene rings is 1. The average Bonchev–Trinajstić information content (AvgIpc) is 2.87. The second kappa shape index (κ2) is 5.44. The first-order valence-electron chi connectivity index (χ1n) is 6.25. The van der Waals surface area contributed by atoms with E-state index in [-0.39, 0.29) is 28.2 Å². The standard InChI is InChI=1S/C12H18N2O4S2/c1-8-12(2,5-6-18-8)14-10(15)7-9-3-4-11(19-9)20(13,16)17/h3-4,8H,5-7H2,1-2H3,(H,14,15)(H2,13,16,17). The van der Waals surface area contributed by atoms with Crippen LogP contribution in [0.1, 0.15) is 25.1 Å². The third kappa shape index (κ3) is 3.38. The first-order valence-corrected chi connectivity index (χ1v) is 8.61. The molecule has 20 heavy (non-hydrogen) atoms. The molecule has 2 unspecified atom stereocenters. The van der Waals surface area contributed by atoms with E-state index in [1.165, 1.54) is 6.07 Å². The number of sulfonamides is 1. The average molecular weight is 318 g/mol. The molecule has 1 saturated heterocycles. The number of ether oxygens (including phenoxy) is 1. The minimum absolute atomic E-state index is 0.0326. The van der Waals surface area contributed by atoms with Gasteiger partial charge in [-0.25, -0.2) is 13.6 Å². The lowest BCUT2D eigenvalue weighted by Crippen LogP contribution is -2.51. The second-order valence-electron chi connectivity index (χ2n) is 5.17.